The van der Waals surface area contributed by atoms with E-state index >= 15 is 0 Å². The lowest BCUT2D eigenvalue weighted by Crippen LogP contribution is -2.49. The summed E-state index contributed by atoms with van der Waals surface area (Å²) < 4.78 is 11.0. The lowest BCUT2D eigenvalue weighted by Gasteiger charge is -2.33. The number of benzene rings is 2. The average molecular weight is 516 g/mol. The molecule has 1 N–H and O–H groups in total. The molecule has 2 aliphatic heterocycles. The first kappa shape index (κ1) is 25.8. The highest BCUT2D eigenvalue weighted by atomic mass is 16.6. The Balaban J connectivity index is 1.06. The van der Waals surface area contributed by atoms with E-state index in [1.165, 1.54) is 5.56 Å². The summed E-state index contributed by atoms with van der Waals surface area (Å²) in [5.74, 6) is 0.257. The molecule has 3 aromatic rings. The summed E-state index contributed by atoms with van der Waals surface area (Å²) in [4.78, 5) is 36.0. The summed E-state index contributed by atoms with van der Waals surface area (Å²) in [6.45, 7) is 7.76. The smallest absolute Gasteiger partial charge is 0.410 e. The number of rotatable bonds is 7. The molecule has 2 saturated heterocycles. The second-order valence-corrected chi connectivity index (χ2v) is 9.52. The fourth-order valence-electron chi connectivity index (χ4n) is 4.56. The Bertz CT molecular complexity index is 1190. The minimum atomic E-state index is -0.364. The van der Waals surface area contributed by atoms with Crippen molar-refractivity contribution in [2.45, 2.75) is 13.1 Å². The normalized spacial score (nSPS) is 16.7. The molecule has 2 aromatic carbocycles. The van der Waals surface area contributed by atoms with Crippen LogP contribution < -0.4 is 10.1 Å². The lowest BCUT2D eigenvalue weighted by molar-refractivity contribution is 0.0342. The lowest BCUT2D eigenvalue weighted by atomic mass is 10.1. The summed E-state index contributed by atoms with van der Waals surface area (Å²) in [7, 11) is 0. The van der Waals surface area contributed by atoms with E-state index in [0.29, 0.717) is 30.1 Å². The highest BCUT2D eigenvalue weighted by Crippen LogP contribution is 2.19. The van der Waals surface area contributed by atoms with Crippen molar-refractivity contribution in [1.82, 2.24) is 19.7 Å². The number of morpholine rings is 1. The Labute approximate surface area is 223 Å². The van der Waals surface area contributed by atoms with Gasteiger partial charge in [0.25, 0.3) is 5.91 Å². The average Bonchev–Trinajstić information content (AvgIpc) is 2.96. The van der Waals surface area contributed by atoms with Gasteiger partial charge >= 0.3 is 6.09 Å². The van der Waals surface area contributed by atoms with E-state index in [1.54, 1.807) is 35.4 Å². The van der Waals surface area contributed by atoms with Crippen LogP contribution in [-0.2, 0) is 17.8 Å². The van der Waals surface area contributed by atoms with Crippen LogP contribution >= 0.6 is 0 Å². The number of hydrogen-bond donors (Lipinski definition) is 1. The monoisotopic (exact) mass is 515 g/mol. The van der Waals surface area contributed by atoms with Gasteiger partial charge in [-0.05, 0) is 54.1 Å². The van der Waals surface area contributed by atoms with Crippen molar-refractivity contribution >= 4 is 17.7 Å². The van der Waals surface area contributed by atoms with Gasteiger partial charge in [0.1, 0.15) is 5.75 Å². The highest BCUT2D eigenvalue weighted by Gasteiger charge is 2.23. The molecule has 3 heterocycles. The van der Waals surface area contributed by atoms with Gasteiger partial charge in [-0.3, -0.25) is 19.6 Å². The van der Waals surface area contributed by atoms with Crippen LogP contribution in [0, 0.1) is 0 Å². The molecule has 0 spiro atoms. The first-order valence-electron chi connectivity index (χ1n) is 13.0. The van der Waals surface area contributed by atoms with Gasteiger partial charge in [0.05, 0.1) is 18.9 Å². The van der Waals surface area contributed by atoms with Crippen LogP contribution in [0.5, 0.6) is 5.75 Å². The molecule has 9 nitrogen and oxygen atoms in total. The molecule has 2 fully saturated rings. The summed E-state index contributed by atoms with van der Waals surface area (Å²) in [6, 6.07) is 20.4. The molecule has 0 atom stereocenters. The minimum Gasteiger partial charge on any atom is -0.410 e. The fourth-order valence-corrected chi connectivity index (χ4v) is 4.56. The maximum atomic E-state index is 12.7. The zero-order valence-electron chi connectivity index (χ0n) is 21.4. The van der Waals surface area contributed by atoms with Crippen molar-refractivity contribution in [2.24, 2.45) is 0 Å². The SMILES string of the molecule is O=C(Nc1ccc(OC(=O)N2CCN(Cc3ccccn3)CC2)cc1)c1ccc(CN2CCOCC2)cc1. The molecular weight excluding hydrogens is 482 g/mol. The fraction of sp³-hybridized carbons (Fsp3) is 0.345. The Morgan fingerprint density at radius 1 is 0.816 bits per heavy atom. The first-order chi connectivity index (χ1) is 18.6. The third-order valence-electron chi connectivity index (χ3n) is 6.79. The van der Waals surface area contributed by atoms with E-state index in [2.05, 4.69) is 20.1 Å². The van der Waals surface area contributed by atoms with Gasteiger partial charge in [0.2, 0.25) is 0 Å². The Morgan fingerprint density at radius 3 is 2.21 bits per heavy atom. The molecule has 38 heavy (non-hydrogen) atoms. The summed E-state index contributed by atoms with van der Waals surface area (Å²) in [5, 5.41) is 2.90. The number of carbonyl (C=O) groups excluding carboxylic acids is 2. The van der Waals surface area contributed by atoms with Crippen molar-refractivity contribution in [2.75, 3.05) is 57.8 Å². The van der Waals surface area contributed by atoms with E-state index in [9.17, 15) is 9.59 Å². The summed E-state index contributed by atoms with van der Waals surface area (Å²) in [6.07, 6.45) is 1.43. The molecule has 2 amide bonds. The van der Waals surface area contributed by atoms with Gasteiger partial charge in [0.15, 0.2) is 0 Å². The first-order valence-corrected chi connectivity index (χ1v) is 13.0. The molecule has 0 bridgehead atoms. The van der Waals surface area contributed by atoms with Crippen LogP contribution in [0.3, 0.4) is 0 Å². The third-order valence-corrected chi connectivity index (χ3v) is 6.79. The van der Waals surface area contributed by atoms with Gasteiger partial charge in [-0.1, -0.05) is 18.2 Å². The van der Waals surface area contributed by atoms with Crippen LogP contribution in [-0.4, -0.2) is 84.2 Å². The predicted octanol–water partition coefficient (Wildman–Crippen LogP) is 3.48. The number of piperazine rings is 1. The number of amides is 2. The number of pyridine rings is 1. The molecule has 2 aliphatic rings. The Kier molecular flexibility index (Phi) is 8.60. The van der Waals surface area contributed by atoms with Gasteiger partial charge in [0, 0.05) is 69.8 Å². The summed E-state index contributed by atoms with van der Waals surface area (Å²) >= 11 is 0. The number of ether oxygens (including phenoxy) is 2. The van der Waals surface area contributed by atoms with E-state index in [4.69, 9.17) is 9.47 Å². The van der Waals surface area contributed by atoms with Gasteiger partial charge in [-0.25, -0.2) is 4.79 Å². The molecule has 0 aliphatic carbocycles. The second-order valence-electron chi connectivity index (χ2n) is 9.52. The van der Waals surface area contributed by atoms with Crippen LogP contribution in [0.2, 0.25) is 0 Å². The van der Waals surface area contributed by atoms with Crippen molar-refractivity contribution < 1.29 is 19.1 Å². The number of nitrogens with zero attached hydrogens (tertiary/aromatic N) is 4. The van der Waals surface area contributed by atoms with E-state index in [-0.39, 0.29) is 12.0 Å². The molecule has 198 valence electrons. The maximum absolute atomic E-state index is 12.7. The van der Waals surface area contributed by atoms with E-state index in [0.717, 1.165) is 58.2 Å². The molecule has 9 heteroatoms. The molecule has 5 rings (SSSR count). The number of carbonyl (C=O) groups is 2. The zero-order valence-corrected chi connectivity index (χ0v) is 21.4. The molecular formula is C29H33N5O4. The zero-order chi connectivity index (χ0) is 26.2. The standard InChI is InChI=1S/C29H33N5O4/c35-28(24-6-4-23(5-7-24)21-33-17-19-37-20-18-33)31-25-8-10-27(11-9-25)38-29(36)34-15-13-32(14-16-34)22-26-3-1-2-12-30-26/h1-12H,13-22H2,(H,31,35). The van der Waals surface area contributed by atoms with Gasteiger partial charge in [-0.2, -0.15) is 0 Å². The number of anilines is 1. The highest BCUT2D eigenvalue weighted by molar-refractivity contribution is 6.04. The number of aromatic nitrogens is 1. The van der Waals surface area contributed by atoms with Gasteiger partial charge in [-0.15, -0.1) is 0 Å². The van der Waals surface area contributed by atoms with Crippen molar-refractivity contribution in [3.63, 3.8) is 0 Å². The molecule has 0 saturated carbocycles. The van der Waals surface area contributed by atoms with Crippen LogP contribution in [0.25, 0.3) is 0 Å². The minimum absolute atomic E-state index is 0.184. The van der Waals surface area contributed by atoms with Crippen molar-refractivity contribution in [1.29, 1.82) is 0 Å². The second kappa shape index (κ2) is 12.6. The van der Waals surface area contributed by atoms with E-state index in [1.807, 2.05) is 42.5 Å². The van der Waals surface area contributed by atoms with Crippen molar-refractivity contribution in [3.8, 4) is 5.75 Å². The Morgan fingerprint density at radius 2 is 1.53 bits per heavy atom. The maximum Gasteiger partial charge on any atom is 0.415 e. The van der Waals surface area contributed by atoms with Crippen LogP contribution in [0.1, 0.15) is 21.6 Å². The van der Waals surface area contributed by atoms with Crippen LogP contribution in [0.4, 0.5) is 10.5 Å². The van der Waals surface area contributed by atoms with Gasteiger partial charge < -0.3 is 19.7 Å². The Hall–Kier alpha value is -3.79. The molecule has 1 aromatic heterocycles. The number of nitrogens with one attached hydrogen (secondary N) is 1. The van der Waals surface area contributed by atoms with E-state index < -0.39 is 0 Å². The largest absolute Gasteiger partial charge is 0.415 e. The molecule has 0 radical (unpaired) electrons. The topological polar surface area (TPSA) is 87.2 Å². The third kappa shape index (κ3) is 7.16. The summed E-state index contributed by atoms with van der Waals surface area (Å²) in [5.41, 5.74) is 3.42. The predicted molar refractivity (Wildman–Crippen MR) is 144 cm³/mol. The number of hydrogen-bond acceptors (Lipinski definition) is 7. The van der Waals surface area contributed by atoms with Crippen LogP contribution in [0.15, 0.2) is 72.9 Å². The molecule has 0 unspecified atom stereocenters. The quantitative estimate of drug-likeness (QED) is 0.516. The van der Waals surface area contributed by atoms with Crippen molar-refractivity contribution in [3.05, 3.63) is 89.7 Å².